The van der Waals surface area contributed by atoms with E-state index in [-0.39, 0.29) is 5.97 Å². The van der Waals surface area contributed by atoms with E-state index in [2.05, 4.69) is 5.16 Å². The maximum Gasteiger partial charge on any atom is 0.353 e. The lowest BCUT2D eigenvalue weighted by Crippen LogP contribution is -2.37. The van der Waals surface area contributed by atoms with Crippen LogP contribution in [-0.2, 0) is 14.4 Å². The first-order valence-electron chi connectivity index (χ1n) is 5.99. The molecule has 0 amide bonds. The summed E-state index contributed by atoms with van der Waals surface area (Å²) in [6.07, 6.45) is 6.79. The fourth-order valence-corrected chi connectivity index (χ4v) is 2.55. The summed E-state index contributed by atoms with van der Waals surface area (Å²) in [5.74, 6) is 0.183. The van der Waals surface area contributed by atoms with Gasteiger partial charge in [0.15, 0.2) is 0 Å². The minimum absolute atomic E-state index is 0.331. The van der Waals surface area contributed by atoms with Gasteiger partial charge in [0.05, 0.1) is 12.8 Å². The molecule has 0 N–H and O–H groups in total. The highest BCUT2D eigenvalue weighted by Gasteiger charge is 2.44. The van der Waals surface area contributed by atoms with Gasteiger partial charge in [-0.1, -0.05) is 24.4 Å². The summed E-state index contributed by atoms with van der Waals surface area (Å²) in [7, 11) is 1.38. The van der Waals surface area contributed by atoms with Gasteiger partial charge in [0.2, 0.25) is 5.60 Å². The van der Waals surface area contributed by atoms with Crippen LogP contribution in [0.5, 0.6) is 0 Å². The summed E-state index contributed by atoms with van der Waals surface area (Å²) in [6.45, 7) is 1.75. The van der Waals surface area contributed by atoms with Crippen LogP contribution in [0, 0.1) is 5.92 Å². The van der Waals surface area contributed by atoms with Crippen LogP contribution >= 0.6 is 0 Å². The Bertz CT molecular complexity index is 307. The van der Waals surface area contributed by atoms with Gasteiger partial charge in [0, 0.05) is 12.3 Å². The molecule has 0 bridgehead atoms. The summed E-state index contributed by atoms with van der Waals surface area (Å²) in [5.41, 5.74) is 0.161. The zero-order valence-corrected chi connectivity index (χ0v) is 9.99. The van der Waals surface area contributed by atoms with Crippen molar-refractivity contribution < 1.29 is 14.4 Å². The molecule has 4 nitrogen and oxygen atoms in total. The quantitative estimate of drug-likeness (QED) is 0.677. The first-order chi connectivity index (χ1) is 7.65. The van der Waals surface area contributed by atoms with Crippen LogP contribution in [0.25, 0.3) is 0 Å². The van der Waals surface area contributed by atoms with E-state index in [0.29, 0.717) is 12.3 Å². The highest BCUT2D eigenvalue weighted by molar-refractivity contribution is 5.94. The molecule has 1 aliphatic heterocycles. The number of rotatable bonds is 2. The Labute approximate surface area is 96.0 Å². The van der Waals surface area contributed by atoms with E-state index in [1.165, 1.54) is 39.2 Å². The van der Waals surface area contributed by atoms with Gasteiger partial charge in [-0.05, 0) is 19.8 Å². The van der Waals surface area contributed by atoms with Crippen LogP contribution in [0.3, 0.4) is 0 Å². The smallest absolute Gasteiger partial charge is 0.353 e. The van der Waals surface area contributed by atoms with E-state index in [1.54, 1.807) is 6.92 Å². The van der Waals surface area contributed by atoms with Crippen molar-refractivity contribution in [2.24, 2.45) is 11.1 Å². The average molecular weight is 225 g/mol. The van der Waals surface area contributed by atoms with Crippen molar-refractivity contribution in [1.29, 1.82) is 0 Å². The Morgan fingerprint density at radius 1 is 1.44 bits per heavy atom. The summed E-state index contributed by atoms with van der Waals surface area (Å²) in [4.78, 5) is 16.8. The third-order valence-electron chi connectivity index (χ3n) is 3.58. The largest absolute Gasteiger partial charge is 0.466 e. The van der Waals surface area contributed by atoms with Crippen molar-refractivity contribution in [3.05, 3.63) is 0 Å². The van der Waals surface area contributed by atoms with Gasteiger partial charge in [-0.25, -0.2) is 4.79 Å². The Morgan fingerprint density at radius 3 is 2.75 bits per heavy atom. The van der Waals surface area contributed by atoms with Gasteiger partial charge >= 0.3 is 5.97 Å². The maximum absolute atomic E-state index is 11.5. The van der Waals surface area contributed by atoms with Crippen LogP contribution in [0.2, 0.25) is 0 Å². The van der Waals surface area contributed by atoms with Crippen molar-refractivity contribution in [3.8, 4) is 0 Å². The standard InChI is InChI=1S/C12H19NO3/c1-12(11(14)15-2)8-10(13-16-12)9-6-4-3-5-7-9/h9H,3-8H2,1-2H3. The number of nitrogens with zero attached hydrogens (tertiary/aromatic N) is 1. The summed E-state index contributed by atoms with van der Waals surface area (Å²) >= 11 is 0. The molecule has 0 aromatic heterocycles. The number of carbonyl (C=O) groups is 1. The van der Waals surface area contributed by atoms with Gasteiger partial charge in [-0.15, -0.1) is 0 Å². The van der Waals surface area contributed by atoms with Crippen LogP contribution in [0.1, 0.15) is 45.4 Å². The molecule has 0 aromatic rings. The maximum atomic E-state index is 11.5. The van der Waals surface area contributed by atoms with Crippen LogP contribution in [0.15, 0.2) is 5.16 Å². The Balaban J connectivity index is 1.98. The van der Waals surface area contributed by atoms with E-state index in [1.807, 2.05) is 0 Å². The molecule has 0 saturated heterocycles. The Hall–Kier alpha value is -1.06. The summed E-state index contributed by atoms with van der Waals surface area (Å²) in [5, 5.41) is 4.10. The highest BCUT2D eigenvalue weighted by atomic mass is 16.7. The second-order valence-corrected chi connectivity index (χ2v) is 4.91. The second-order valence-electron chi connectivity index (χ2n) is 4.91. The van der Waals surface area contributed by atoms with Gasteiger partial charge in [0.25, 0.3) is 0 Å². The molecule has 1 fully saturated rings. The molecule has 4 heteroatoms. The molecule has 2 rings (SSSR count). The fraction of sp³-hybridized carbons (Fsp3) is 0.833. The van der Waals surface area contributed by atoms with Crippen molar-refractivity contribution in [2.75, 3.05) is 7.11 Å². The number of hydrogen-bond acceptors (Lipinski definition) is 4. The molecule has 0 aromatic carbocycles. The fourth-order valence-electron chi connectivity index (χ4n) is 2.55. The lowest BCUT2D eigenvalue weighted by atomic mass is 9.82. The van der Waals surface area contributed by atoms with Crippen LogP contribution in [-0.4, -0.2) is 24.4 Å². The van der Waals surface area contributed by atoms with Crippen molar-refractivity contribution >= 4 is 11.7 Å². The molecule has 16 heavy (non-hydrogen) atoms. The van der Waals surface area contributed by atoms with E-state index in [9.17, 15) is 4.79 Å². The van der Waals surface area contributed by atoms with Crippen molar-refractivity contribution in [1.82, 2.24) is 0 Å². The predicted molar refractivity (Wildman–Crippen MR) is 60.1 cm³/mol. The molecule has 1 atom stereocenters. The van der Waals surface area contributed by atoms with E-state index in [0.717, 1.165) is 5.71 Å². The first kappa shape index (κ1) is 11.4. The van der Waals surface area contributed by atoms with Gasteiger partial charge < -0.3 is 9.57 Å². The molecule has 90 valence electrons. The predicted octanol–water partition coefficient (Wildman–Crippen LogP) is 2.27. The van der Waals surface area contributed by atoms with E-state index in [4.69, 9.17) is 9.57 Å². The lowest BCUT2D eigenvalue weighted by Gasteiger charge is -2.22. The molecule has 1 heterocycles. The molecule has 0 spiro atoms. The highest BCUT2D eigenvalue weighted by Crippen LogP contribution is 2.33. The third kappa shape index (κ3) is 2.06. The van der Waals surface area contributed by atoms with Gasteiger partial charge in [-0.2, -0.15) is 0 Å². The van der Waals surface area contributed by atoms with Gasteiger partial charge in [0.1, 0.15) is 0 Å². The topological polar surface area (TPSA) is 47.9 Å². The first-order valence-corrected chi connectivity index (χ1v) is 5.99. The van der Waals surface area contributed by atoms with Crippen LogP contribution < -0.4 is 0 Å². The number of oxime groups is 1. The van der Waals surface area contributed by atoms with Gasteiger partial charge in [-0.3, -0.25) is 0 Å². The monoisotopic (exact) mass is 225 g/mol. The SMILES string of the molecule is COC(=O)C1(C)CC(C2CCCCC2)=NO1. The number of methoxy groups -OCH3 is 1. The zero-order chi connectivity index (χ0) is 11.6. The average Bonchev–Trinajstić information content (AvgIpc) is 2.73. The number of hydrogen-bond donors (Lipinski definition) is 0. The summed E-state index contributed by atoms with van der Waals surface area (Å²) < 4.78 is 4.74. The summed E-state index contributed by atoms with van der Waals surface area (Å²) in [6, 6.07) is 0. The number of esters is 1. The minimum Gasteiger partial charge on any atom is -0.466 e. The Kier molecular flexibility index (Phi) is 3.17. The minimum atomic E-state index is -0.887. The second kappa shape index (κ2) is 4.44. The molecule has 1 aliphatic carbocycles. The lowest BCUT2D eigenvalue weighted by molar-refractivity contribution is -0.164. The normalized spacial score (nSPS) is 30.8. The Morgan fingerprint density at radius 2 is 2.12 bits per heavy atom. The third-order valence-corrected chi connectivity index (χ3v) is 3.58. The van der Waals surface area contributed by atoms with E-state index < -0.39 is 5.60 Å². The number of carbonyl (C=O) groups excluding carboxylic acids is 1. The zero-order valence-electron chi connectivity index (χ0n) is 9.99. The van der Waals surface area contributed by atoms with Crippen molar-refractivity contribution in [3.63, 3.8) is 0 Å². The molecular formula is C12H19NO3. The molecule has 1 unspecified atom stereocenters. The molecular weight excluding hydrogens is 206 g/mol. The molecule has 1 saturated carbocycles. The van der Waals surface area contributed by atoms with Crippen molar-refractivity contribution in [2.45, 2.75) is 51.0 Å². The molecule has 2 aliphatic rings. The van der Waals surface area contributed by atoms with E-state index >= 15 is 0 Å². The van der Waals surface area contributed by atoms with Crippen LogP contribution in [0.4, 0.5) is 0 Å². The molecule has 0 radical (unpaired) electrons. The number of ether oxygens (including phenoxy) is 1.